The third-order valence-electron chi connectivity index (χ3n) is 4.25. The van der Waals surface area contributed by atoms with Crippen molar-refractivity contribution >= 4 is 23.4 Å². The van der Waals surface area contributed by atoms with E-state index in [0.717, 1.165) is 11.3 Å². The lowest BCUT2D eigenvalue weighted by Gasteiger charge is -2.16. The molecule has 0 unspecified atom stereocenters. The molecule has 0 aliphatic carbocycles. The molecule has 3 amide bonds. The summed E-state index contributed by atoms with van der Waals surface area (Å²) in [6.07, 6.45) is 0.126. The first-order valence-electron chi connectivity index (χ1n) is 8.07. The van der Waals surface area contributed by atoms with Gasteiger partial charge in [0, 0.05) is 24.2 Å². The lowest BCUT2D eigenvalue weighted by molar-refractivity contribution is -0.126. The van der Waals surface area contributed by atoms with Crippen LogP contribution in [0, 0.1) is 12.8 Å². The summed E-state index contributed by atoms with van der Waals surface area (Å²) < 4.78 is 0. The molecule has 0 spiro atoms. The number of carbonyl (C=O) groups excluding carboxylic acids is 3. The average Bonchev–Trinajstić information content (AvgIpc) is 3.02. The molecule has 2 aromatic carbocycles. The summed E-state index contributed by atoms with van der Waals surface area (Å²) in [7, 11) is 0. The molecule has 0 radical (unpaired) electrons. The minimum atomic E-state index is -0.495. The van der Waals surface area contributed by atoms with Crippen LogP contribution in [0.1, 0.15) is 22.3 Å². The zero-order valence-electron chi connectivity index (χ0n) is 13.9. The Labute approximate surface area is 145 Å². The summed E-state index contributed by atoms with van der Waals surface area (Å²) in [4.78, 5) is 38.2. The maximum atomic E-state index is 12.3. The highest BCUT2D eigenvalue weighted by Gasteiger charge is 2.35. The van der Waals surface area contributed by atoms with Crippen LogP contribution in [0.15, 0.2) is 54.6 Å². The maximum Gasteiger partial charge on any atom is 0.269 e. The summed E-state index contributed by atoms with van der Waals surface area (Å²) >= 11 is 0. The van der Waals surface area contributed by atoms with Gasteiger partial charge in [-0.25, -0.2) is 0 Å². The number of carbonyl (C=O) groups is 3. The normalized spacial score (nSPS) is 16.6. The van der Waals surface area contributed by atoms with E-state index in [9.17, 15) is 14.4 Å². The summed E-state index contributed by atoms with van der Waals surface area (Å²) in [5, 5.41) is 0. The monoisotopic (exact) mass is 337 g/mol. The van der Waals surface area contributed by atoms with Crippen molar-refractivity contribution in [1.29, 1.82) is 0 Å². The second-order valence-corrected chi connectivity index (χ2v) is 6.00. The molecule has 3 rings (SSSR count). The molecule has 1 aliphatic rings. The number of nitrogens with one attached hydrogen (secondary N) is 2. The molecule has 128 valence electrons. The molecule has 6 heteroatoms. The van der Waals surface area contributed by atoms with Crippen LogP contribution in [-0.4, -0.2) is 24.3 Å². The van der Waals surface area contributed by atoms with Crippen molar-refractivity contribution in [3.63, 3.8) is 0 Å². The lowest BCUT2D eigenvalue weighted by Crippen LogP contribution is -2.45. The van der Waals surface area contributed by atoms with Gasteiger partial charge in [-0.3, -0.25) is 25.2 Å². The molecule has 1 atom stereocenters. The smallest absolute Gasteiger partial charge is 0.269 e. The zero-order chi connectivity index (χ0) is 17.8. The number of benzene rings is 2. The van der Waals surface area contributed by atoms with Gasteiger partial charge in [-0.2, -0.15) is 0 Å². The van der Waals surface area contributed by atoms with Gasteiger partial charge in [0.2, 0.25) is 11.8 Å². The number of hydrazine groups is 1. The Morgan fingerprint density at radius 3 is 2.40 bits per heavy atom. The van der Waals surface area contributed by atoms with Gasteiger partial charge in [0.1, 0.15) is 0 Å². The van der Waals surface area contributed by atoms with Crippen LogP contribution in [0.25, 0.3) is 0 Å². The van der Waals surface area contributed by atoms with Crippen molar-refractivity contribution in [1.82, 2.24) is 10.9 Å². The second kappa shape index (κ2) is 7.17. The molecule has 2 N–H and O–H groups in total. The summed E-state index contributed by atoms with van der Waals surface area (Å²) in [6, 6.07) is 16.3. The summed E-state index contributed by atoms with van der Waals surface area (Å²) in [6.45, 7) is 2.12. The molecule has 2 aromatic rings. The van der Waals surface area contributed by atoms with Crippen LogP contribution in [0.5, 0.6) is 0 Å². The summed E-state index contributed by atoms with van der Waals surface area (Å²) in [5.74, 6) is -1.34. The average molecular weight is 337 g/mol. The van der Waals surface area contributed by atoms with Crippen molar-refractivity contribution in [2.24, 2.45) is 5.92 Å². The van der Waals surface area contributed by atoms with Gasteiger partial charge in [-0.1, -0.05) is 36.4 Å². The topological polar surface area (TPSA) is 78.5 Å². The van der Waals surface area contributed by atoms with Gasteiger partial charge in [0.25, 0.3) is 5.91 Å². The second-order valence-electron chi connectivity index (χ2n) is 6.00. The zero-order valence-corrected chi connectivity index (χ0v) is 13.9. The molecular weight excluding hydrogens is 318 g/mol. The highest BCUT2D eigenvalue weighted by molar-refractivity contribution is 6.01. The van der Waals surface area contributed by atoms with E-state index in [2.05, 4.69) is 10.9 Å². The van der Waals surface area contributed by atoms with E-state index < -0.39 is 5.92 Å². The highest BCUT2D eigenvalue weighted by Crippen LogP contribution is 2.24. The van der Waals surface area contributed by atoms with E-state index in [-0.39, 0.29) is 24.1 Å². The number of amides is 3. The van der Waals surface area contributed by atoms with E-state index in [1.54, 1.807) is 17.0 Å². The fourth-order valence-corrected chi connectivity index (χ4v) is 2.86. The Kier molecular flexibility index (Phi) is 4.79. The van der Waals surface area contributed by atoms with Gasteiger partial charge in [-0.05, 0) is 30.7 Å². The van der Waals surface area contributed by atoms with Crippen LogP contribution in [-0.2, 0) is 9.59 Å². The predicted molar refractivity (Wildman–Crippen MR) is 93.7 cm³/mol. The third-order valence-corrected chi connectivity index (χ3v) is 4.25. The molecule has 1 fully saturated rings. The predicted octanol–water partition coefficient (Wildman–Crippen LogP) is 1.81. The number of anilines is 1. The van der Waals surface area contributed by atoms with Crippen molar-refractivity contribution in [3.05, 3.63) is 65.7 Å². The molecular formula is C19H19N3O3. The lowest BCUT2D eigenvalue weighted by atomic mass is 10.1. The van der Waals surface area contributed by atoms with Crippen molar-refractivity contribution in [2.75, 3.05) is 11.4 Å². The van der Waals surface area contributed by atoms with Crippen LogP contribution in [0.3, 0.4) is 0 Å². The minimum absolute atomic E-state index is 0.100. The van der Waals surface area contributed by atoms with Gasteiger partial charge in [-0.15, -0.1) is 0 Å². The van der Waals surface area contributed by atoms with E-state index in [1.807, 2.05) is 49.4 Å². The number of para-hydroxylation sites is 1. The number of hydrogen-bond acceptors (Lipinski definition) is 3. The molecule has 0 aromatic heterocycles. The fraction of sp³-hybridized carbons (Fsp3) is 0.211. The first kappa shape index (κ1) is 16.7. The van der Waals surface area contributed by atoms with Crippen molar-refractivity contribution < 1.29 is 14.4 Å². The third kappa shape index (κ3) is 3.68. The minimum Gasteiger partial charge on any atom is -0.312 e. The molecule has 1 heterocycles. The van der Waals surface area contributed by atoms with Crippen LogP contribution in [0.2, 0.25) is 0 Å². The van der Waals surface area contributed by atoms with Crippen LogP contribution < -0.4 is 15.8 Å². The Bertz CT molecular complexity index is 805. The Balaban J connectivity index is 1.58. The largest absolute Gasteiger partial charge is 0.312 e. The van der Waals surface area contributed by atoms with E-state index in [0.29, 0.717) is 12.1 Å². The standard InChI is InChI=1S/C19H19N3O3/c1-13-7-5-6-10-16(13)19(25)21-20-18(24)14-11-17(23)22(12-14)15-8-3-2-4-9-15/h2-10,14H,11-12H2,1H3,(H,20,24)(H,21,25)/t14-/m0/s1. The maximum absolute atomic E-state index is 12.3. The first-order valence-corrected chi connectivity index (χ1v) is 8.07. The Hall–Kier alpha value is -3.15. The SMILES string of the molecule is Cc1ccccc1C(=O)NNC(=O)[C@H]1CC(=O)N(c2ccccc2)C1. The molecule has 0 bridgehead atoms. The molecule has 6 nitrogen and oxygen atoms in total. The number of aryl methyl sites for hydroxylation is 1. The van der Waals surface area contributed by atoms with E-state index in [4.69, 9.17) is 0 Å². The van der Waals surface area contributed by atoms with Crippen LogP contribution in [0.4, 0.5) is 5.69 Å². The van der Waals surface area contributed by atoms with Gasteiger partial charge in [0.15, 0.2) is 0 Å². The van der Waals surface area contributed by atoms with Crippen LogP contribution >= 0.6 is 0 Å². The van der Waals surface area contributed by atoms with Gasteiger partial charge >= 0.3 is 0 Å². The number of hydrogen-bond donors (Lipinski definition) is 2. The summed E-state index contributed by atoms with van der Waals surface area (Å²) in [5.41, 5.74) is 6.93. The quantitative estimate of drug-likeness (QED) is 0.839. The molecule has 25 heavy (non-hydrogen) atoms. The van der Waals surface area contributed by atoms with Gasteiger partial charge < -0.3 is 4.90 Å². The Morgan fingerprint density at radius 2 is 1.68 bits per heavy atom. The number of nitrogens with zero attached hydrogens (tertiary/aromatic N) is 1. The highest BCUT2D eigenvalue weighted by atomic mass is 16.2. The first-order chi connectivity index (χ1) is 12.1. The molecule has 1 saturated heterocycles. The van der Waals surface area contributed by atoms with Gasteiger partial charge in [0.05, 0.1) is 5.92 Å². The van der Waals surface area contributed by atoms with E-state index >= 15 is 0 Å². The fourth-order valence-electron chi connectivity index (χ4n) is 2.86. The van der Waals surface area contributed by atoms with E-state index in [1.165, 1.54) is 0 Å². The van der Waals surface area contributed by atoms with Crippen molar-refractivity contribution in [3.8, 4) is 0 Å². The Morgan fingerprint density at radius 1 is 1.00 bits per heavy atom. The van der Waals surface area contributed by atoms with Crippen molar-refractivity contribution in [2.45, 2.75) is 13.3 Å². The number of rotatable bonds is 3. The molecule has 1 aliphatic heterocycles. The molecule has 0 saturated carbocycles.